The minimum Gasteiger partial charge on any atom is -0.497 e. The van der Waals surface area contributed by atoms with Gasteiger partial charge in [0.2, 0.25) is 0 Å². The molecule has 1 atom stereocenters. The zero-order valence-corrected chi connectivity index (χ0v) is 11.4. The molecular weight excluding hydrogens is 286 g/mol. The highest BCUT2D eigenvalue weighted by Crippen LogP contribution is 2.31. The number of hydrazine groups is 1. The Hall–Kier alpha value is -1.69. The molecule has 106 valence electrons. The summed E-state index contributed by atoms with van der Waals surface area (Å²) in [6, 6.07) is 7.42. The van der Waals surface area contributed by atoms with Gasteiger partial charge in [0.1, 0.15) is 17.4 Å². The minimum atomic E-state index is -0.760. The SMILES string of the molecule is COc1ccc(C(NN)c2cc(F)ccc2Cl)c(F)c1. The number of hydrogen-bond donors (Lipinski definition) is 2. The fourth-order valence-electron chi connectivity index (χ4n) is 1.95. The van der Waals surface area contributed by atoms with Gasteiger partial charge in [-0.25, -0.2) is 14.2 Å². The standard InChI is InChI=1S/C14H13ClF2N2O/c1-20-9-3-4-10(13(17)7-9)14(19-18)11-6-8(16)2-5-12(11)15/h2-7,14,19H,18H2,1H3. The van der Waals surface area contributed by atoms with Crippen LogP contribution in [-0.2, 0) is 0 Å². The first-order chi connectivity index (χ1) is 9.56. The van der Waals surface area contributed by atoms with E-state index in [1.807, 2.05) is 0 Å². The van der Waals surface area contributed by atoms with Crippen LogP contribution in [0.3, 0.4) is 0 Å². The van der Waals surface area contributed by atoms with Crippen molar-refractivity contribution < 1.29 is 13.5 Å². The van der Waals surface area contributed by atoms with Gasteiger partial charge in [0.25, 0.3) is 0 Å². The molecule has 0 fully saturated rings. The first-order valence-corrected chi connectivity index (χ1v) is 6.19. The minimum absolute atomic E-state index is 0.251. The number of nitrogens with two attached hydrogens (primary N) is 1. The van der Waals surface area contributed by atoms with E-state index in [1.54, 1.807) is 6.07 Å². The predicted molar refractivity (Wildman–Crippen MR) is 73.5 cm³/mol. The lowest BCUT2D eigenvalue weighted by molar-refractivity contribution is 0.410. The number of benzene rings is 2. The predicted octanol–water partition coefficient (Wildman–Crippen LogP) is 3.18. The quantitative estimate of drug-likeness (QED) is 0.673. The van der Waals surface area contributed by atoms with E-state index < -0.39 is 17.7 Å². The first-order valence-electron chi connectivity index (χ1n) is 5.81. The molecule has 6 heteroatoms. The van der Waals surface area contributed by atoms with Crippen molar-refractivity contribution in [2.45, 2.75) is 6.04 Å². The third kappa shape index (κ3) is 2.90. The van der Waals surface area contributed by atoms with Crippen molar-refractivity contribution in [3.05, 3.63) is 64.2 Å². The lowest BCUT2D eigenvalue weighted by Gasteiger charge is -2.19. The van der Waals surface area contributed by atoms with Crippen molar-refractivity contribution in [3.63, 3.8) is 0 Å². The van der Waals surface area contributed by atoms with Gasteiger partial charge in [0.15, 0.2) is 0 Å². The largest absolute Gasteiger partial charge is 0.497 e. The topological polar surface area (TPSA) is 47.3 Å². The Morgan fingerprint density at radius 2 is 1.90 bits per heavy atom. The summed E-state index contributed by atoms with van der Waals surface area (Å²) in [7, 11) is 1.44. The maximum atomic E-state index is 14.1. The molecule has 0 saturated carbocycles. The van der Waals surface area contributed by atoms with Gasteiger partial charge in [-0.2, -0.15) is 0 Å². The smallest absolute Gasteiger partial charge is 0.132 e. The maximum absolute atomic E-state index is 14.1. The Kier molecular flexibility index (Phi) is 4.54. The Balaban J connectivity index is 2.49. The molecule has 3 nitrogen and oxygen atoms in total. The molecule has 2 aromatic carbocycles. The van der Waals surface area contributed by atoms with Gasteiger partial charge in [-0.3, -0.25) is 5.84 Å². The third-order valence-corrected chi connectivity index (χ3v) is 3.30. The van der Waals surface area contributed by atoms with Crippen LogP contribution >= 0.6 is 11.6 Å². The van der Waals surface area contributed by atoms with Gasteiger partial charge in [-0.1, -0.05) is 17.7 Å². The number of rotatable bonds is 4. The highest BCUT2D eigenvalue weighted by atomic mass is 35.5. The third-order valence-electron chi connectivity index (χ3n) is 2.95. The lowest BCUT2D eigenvalue weighted by atomic mass is 9.98. The van der Waals surface area contributed by atoms with E-state index in [-0.39, 0.29) is 5.56 Å². The normalized spacial score (nSPS) is 12.2. The van der Waals surface area contributed by atoms with Crippen molar-refractivity contribution in [2.24, 2.45) is 5.84 Å². The van der Waals surface area contributed by atoms with Gasteiger partial charge < -0.3 is 4.74 Å². The monoisotopic (exact) mass is 298 g/mol. The van der Waals surface area contributed by atoms with Crippen LogP contribution in [0.5, 0.6) is 5.75 Å². The van der Waals surface area contributed by atoms with E-state index in [0.29, 0.717) is 16.3 Å². The second-order valence-electron chi connectivity index (χ2n) is 4.15. The van der Waals surface area contributed by atoms with Crippen LogP contribution in [0, 0.1) is 11.6 Å². The summed E-state index contributed by atoms with van der Waals surface area (Å²) in [5, 5.41) is 0.296. The average molecular weight is 299 g/mol. The number of ether oxygens (including phenoxy) is 1. The average Bonchev–Trinajstić information content (AvgIpc) is 2.44. The Morgan fingerprint density at radius 1 is 1.15 bits per heavy atom. The first kappa shape index (κ1) is 14.7. The molecule has 0 saturated heterocycles. The molecular formula is C14H13ClF2N2O. The number of nitrogens with one attached hydrogen (secondary N) is 1. The summed E-state index contributed by atoms with van der Waals surface area (Å²) in [5.74, 6) is 4.85. The summed E-state index contributed by atoms with van der Waals surface area (Å²) >= 11 is 6.02. The summed E-state index contributed by atoms with van der Waals surface area (Å²) in [6.07, 6.45) is 0. The molecule has 0 amide bonds. The Bertz CT molecular complexity index is 622. The van der Waals surface area contributed by atoms with Crippen LogP contribution in [0.1, 0.15) is 17.2 Å². The van der Waals surface area contributed by atoms with Gasteiger partial charge >= 0.3 is 0 Å². The van der Waals surface area contributed by atoms with E-state index in [4.69, 9.17) is 22.2 Å². The van der Waals surface area contributed by atoms with Crippen molar-refractivity contribution in [2.75, 3.05) is 7.11 Å². The van der Waals surface area contributed by atoms with E-state index in [1.165, 1.54) is 37.4 Å². The van der Waals surface area contributed by atoms with Crippen LogP contribution in [0.15, 0.2) is 36.4 Å². The molecule has 0 aliphatic heterocycles. The molecule has 0 aliphatic rings. The Morgan fingerprint density at radius 3 is 2.50 bits per heavy atom. The van der Waals surface area contributed by atoms with Gasteiger partial charge in [-0.15, -0.1) is 0 Å². The highest BCUT2D eigenvalue weighted by Gasteiger charge is 2.20. The van der Waals surface area contributed by atoms with Crippen molar-refractivity contribution in [1.82, 2.24) is 5.43 Å². The zero-order chi connectivity index (χ0) is 14.7. The van der Waals surface area contributed by atoms with Crippen molar-refractivity contribution in [3.8, 4) is 5.75 Å². The summed E-state index contributed by atoms with van der Waals surface area (Å²) in [5.41, 5.74) is 3.06. The van der Waals surface area contributed by atoms with Crippen molar-refractivity contribution in [1.29, 1.82) is 0 Å². The molecule has 0 bridgehead atoms. The molecule has 0 aromatic heterocycles. The van der Waals surface area contributed by atoms with Crippen LogP contribution in [0.4, 0.5) is 8.78 Å². The van der Waals surface area contributed by atoms with E-state index in [2.05, 4.69) is 5.43 Å². The Labute approximate surface area is 120 Å². The van der Waals surface area contributed by atoms with Crippen LogP contribution in [-0.4, -0.2) is 7.11 Å². The number of methoxy groups -OCH3 is 1. The molecule has 2 aromatic rings. The fraction of sp³-hybridized carbons (Fsp3) is 0.143. The van der Waals surface area contributed by atoms with Gasteiger partial charge in [0.05, 0.1) is 13.2 Å². The number of hydrogen-bond acceptors (Lipinski definition) is 3. The molecule has 1 unspecified atom stereocenters. The molecule has 20 heavy (non-hydrogen) atoms. The summed E-state index contributed by atoms with van der Waals surface area (Å²) in [4.78, 5) is 0. The molecule has 0 radical (unpaired) electrons. The second-order valence-corrected chi connectivity index (χ2v) is 4.56. The molecule has 0 aliphatic carbocycles. The fourth-order valence-corrected chi connectivity index (χ4v) is 2.18. The highest BCUT2D eigenvalue weighted by molar-refractivity contribution is 6.31. The second kappa shape index (κ2) is 6.17. The van der Waals surface area contributed by atoms with Crippen LogP contribution < -0.4 is 16.0 Å². The van der Waals surface area contributed by atoms with Gasteiger partial charge in [-0.05, 0) is 29.8 Å². The summed E-state index contributed by atoms with van der Waals surface area (Å²) < 4.78 is 32.4. The van der Waals surface area contributed by atoms with Crippen LogP contribution in [0.2, 0.25) is 5.02 Å². The van der Waals surface area contributed by atoms with E-state index >= 15 is 0 Å². The van der Waals surface area contributed by atoms with E-state index in [0.717, 1.165) is 0 Å². The molecule has 0 spiro atoms. The lowest BCUT2D eigenvalue weighted by Crippen LogP contribution is -2.29. The zero-order valence-electron chi connectivity index (χ0n) is 10.7. The number of halogens is 3. The molecule has 3 N–H and O–H groups in total. The van der Waals surface area contributed by atoms with Crippen LogP contribution in [0.25, 0.3) is 0 Å². The van der Waals surface area contributed by atoms with E-state index in [9.17, 15) is 8.78 Å². The molecule has 2 rings (SSSR count). The maximum Gasteiger partial charge on any atom is 0.132 e. The molecule has 0 heterocycles. The van der Waals surface area contributed by atoms with Gasteiger partial charge in [0, 0.05) is 16.7 Å². The van der Waals surface area contributed by atoms with Crippen molar-refractivity contribution >= 4 is 11.6 Å². The summed E-state index contributed by atoms with van der Waals surface area (Å²) in [6.45, 7) is 0.